The Morgan fingerprint density at radius 1 is 1.03 bits per heavy atom. The molecule has 0 atom stereocenters. The Hall–Kier alpha value is -3.33. The minimum atomic E-state index is -0.783. The van der Waals surface area contributed by atoms with Gasteiger partial charge in [0.25, 0.3) is 0 Å². The van der Waals surface area contributed by atoms with Crippen LogP contribution in [-0.4, -0.2) is 40.7 Å². The van der Waals surface area contributed by atoms with Crippen LogP contribution >= 0.6 is 11.6 Å². The zero-order valence-corrected chi connectivity index (χ0v) is 19.8. The standard InChI is InChI=1S/C25H27ClFN3O5/c26-21-13-19(5-8-22(21)27)29-24(33)28-18-4-3-17-14-30(10-9-16(17)12-18)25(34)35-20-6-1-15(2-7-20)11-23(31)32/h3-5,8,12-13,15,20H,1-2,6-7,9-11,14H2,(H,31,32)(H2,28,29,33). The lowest BCUT2D eigenvalue weighted by molar-refractivity contribution is -0.138. The fourth-order valence-corrected chi connectivity index (χ4v) is 4.75. The van der Waals surface area contributed by atoms with Crippen LogP contribution in [-0.2, 0) is 22.5 Å². The number of aliphatic carboxylic acids is 1. The van der Waals surface area contributed by atoms with E-state index in [0.29, 0.717) is 43.7 Å². The molecular weight excluding hydrogens is 477 g/mol. The molecule has 35 heavy (non-hydrogen) atoms. The van der Waals surface area contributed by atoms with Gasteiger partial charge in [-0.15, -0.1) is 0 Å². The number of urea groups is 1. The molecule has 1 aliphatic heterocycles. The molecule has 1 aliphatic carbocycles. The van der Waals surface area contributed by atoms with E-state index in [0.717, 1.165) is 24.0 Å². The normalized spacial score (nSPS) is 19.4. The first-order chi connectivity index (χ1) is 16.8. The third-order valence-corrected chi connectivity index (χ3v) is 6.73. The number of fused-ring (bicyclic) bond motifs is 1. The molecule has 1 heterocycles. The maximum absolute atomic E-state index is 13.3. The molecular formula is C25H27ClFN3O5. The van der Waals surface area contributed by atoms with Crippen LogP contribution in [0.25, 0.3) is 0 Å². The SMILES string of the molecule is O=C(O)CC1CCC(OC(=O)N2CCc3cc(NC(=O)Nc4ccc(F)c(Cl)c4)ccc3C2)CC1. The minimum Gasteiger partial charge on any atom is -0.481 e. The molecule has 3 N–H and O–H groups in total. The van der Waals surface area contributed by atoms with Gasteiger partial charge in [0.1, 0.15) is 11.9 Å². The summed E-state index contributed by atoms with van der Waals surface area (Å²) in [5.41, 5.74) is 2.99. The largest absolute Gasteiger partial charge is 0.481 e. The van der Waals surface area contributed by atoms with Crippen LogP contribution in [0.1, 0.15) is 43.2 Å². The van der Waals surface area contributed by atoms with Crippen molar-refractivity contribution >= 4 is 41.1 Å². The third kappa shape index (κ3) is 6.63. The van der Waals surface area contributed by atoms with Crippen molar-refractivity contribution in [3.63, 3.8) is 0 Å². The van der Waals surface area contributed by atoms with Gasteiger partial charge >= 0.3 is 18.1 Å². The lowest BCUT2D eigenvalue weighted by Crippen LogP contribution is -2.39. The van der Waals surface area contributed by atoms with E-state index in [1.165, 1.54) is 18.2 Å². The average Bonchev–Trinajstić information content (AvgIpc) is 2.82. The number of nitrogens with zero attached hydrogens (tertiary/aromatic N) is 1. The first-order valence-electron chi connectivity index (χ1n) is 11.6. The molecule has 0 unspecified atom stereocenters. The third-order valence-electron chi connectivity index (χ3n) is 6.44. The Bertz CT molecular complexity index is 1120. The summed E-state index contributed by atoms with van der Waals surface area (Å²) in [6.45, 7) is 0.924. The monoisotopic (exact) mass is 503 g/mol. The van der Waals surface area contributed by atoms with Gasteiger partial charge < -0.3 is 25.4 Å². The number of hydrogen-bond donors (Lipinski definition) is 3. The van der Waals surface area contributed by atoms with Crippen molar-refractivity contribution in [2.75, 3.05) is 17.2 Å². The van der Waals surface area contributed by atoms with Crippen LogP contribution in [0.2, 0.25) is 5.02 Å². The minimum absolute atomic E-state index is 0.0782. The molecule has 0 aromatic heterocycles. The van der Waals surface area contributed by atoms with Crippen molar-refractivity contribution in [1.29, 1.82) is 0 Å². The highest BCUT2D eigenvalue weighted by Gasteiger charge is 2.28. The lowest BCUT2D eigenvalue weighted by Gasteiger charge is -2.32. The van der Waals surface area contributed by atoms with Gasteiger partial charge in [0.2, 0.25) is 0 Å². The lowest BCUT2D eigenvalue weighted by atomic mass is 9.85. The molecule has 1 fully saturated rings. The zero-order chi connectivity index (χ0) is 24.9. The summed E-state index contributed by atoms with van der Waals surface area (Å²) in [6.07, 6.45) is 3.16. The number of rotatable bonds is 5. The number of carboxylic acid groups (broad SMARTS) is 1. The predicted molar refractivity (Wildman–Crippen MR) is 129 cm³/mol. The fraction of sp³-hybridized carbons (Fsp3) is 0.400. The van der Waals surface area contributed by atoms with Gasteiger partial charge in [0, 0.05) is 30.9 Å². The molecule has 0 bridgehead atoms. The predicted octanol–water partition coefficient (Wildman–Crippen LogP) is 5.65. The van der Waals surface area contributed by atoms with Gasteiger partial charge in [-0.3, -0.25) is 4.79 Å². The number of halogens is 2. The van der Waals surface area contributed by atoms with Crippen LogP contribution < -0.4 is 10.6 Å². The maximum atomic E-state index is 13.3. The Balaban J connectivity index is 1.27. The van der Waals surface area contributed by atoms with Crippen molar-refractivity contribution in [3.05, 3.63) is 58.4 Å². The van der Waals surface area contributed by atoms with E-state index < -0.39 is 17.8 Å². The van der Waals surface area contributed by atoms with Crippen molar-refractivity contribution < 1.29 is 28.6 Å². The van der Waals surface area contributed by atoms with Crippen LogP contribution in [0.4, 0.5) is 25.4 Å². The Kier molecular flexibility index (Phi) is 7.75. The molecule has 0 saturated heterocycles. The van der Waals surface area contributed by atoms with E-state index >= 15 is 0 Å². The summed E-state index contributed by atoms with van der Waals surface area (Å²) in [5, 5.41) is 14.2. The number of hydrogen-bond acceptors (Lipinski definition) is 4. The summed E-state index contributed by atoms with van der Waals surface area (Å²) >= 11 is 5.74. The van der Waals surface area contributed by atoms with E-state index in [9.17, 15) is 18.8 Å². The second kappa shape index (κ2) is 10.9. The van der Waals surface area contributed by atoms with Gasteiger partial charge in [-0.2, -0.15) is 0 Å². The van der Waals surface area contributed by atoms with Gasteiger partial charge in [0.05, 0.1) is 5.02 Å². The second-order valence-corrected chi connectivity index (χ2v) is 9.39. The van der Waals surface area contributed by atoms with Crippen LogP contribution in [0.3, 0.4) is 0 Å². The summed E-state index contributed by atoms with van der Waals surface area (Å²) in [4.78, 5) is 37.5. The Morgan fingerprint density at radius 3 is 2.40 bits per heavy atom. The number of ether oxygens (including phenoxy) is 1. The maximum Gasteiger partial charge on any atom is 0.410 e. The van der Waals surface area contributed by atoms with Gasteiger partial charge in [-0.1, -0.05) is 17.7 Å². The summed E-state index contributed by atoms with van der Waals surface area (Å²) in [5.74, 6) is -1.19. The number of nitrogens with one attached hydrogen (secondary N) is 2. The number of carbonyl (C=O) groups is 3. The van der Waals surface area contributed by atoms with E-state index in [-0.39, 0.29) is 29.6 Å². The van der Waals surface area contributed by atoms with Gasteiger partial charge in [0.15, 0.2) is 0 Å². The molecule has 8 nitrogen and oxygen atoms in total. The molecule has 0 radical (unpaired) electrons. The van der Waals surface area contributed by atoms with Crippen molar-refractivity contribution in [3.8, 4) is 0 Å². The number of carbonyl (C=O) groups excluding carboxylic acids is 2. The number of benzene rings is 2. The van der Waals surface area contributed by atoms with Gasteiger partial charge in [-0.05, 0) is 79.5 Å². The van der Waals surface area contributed by atoms with Crippen molar-refractivity contribution in [1.82, 2.24) is 4.90 Å². The first-order valence-corrected chi connectivity index (χ1v) is 12.0. The van der Waals surface area contributed by atoms with Crippen LogP contribution in [0, 0.1) is 11.7 Å². The average molecular weight is 504 g/mol. The topological polar surface area (TPSA) is 108 Å². The van der Waals surface area contributed by atoms with E-state index in [2.05, 4.69) is 10.6 Å². The van der Waals surface area contributed by atoms with E-state index in [1.807, 2.05) is 12.1 Å². The molecule has 186 valence electrons. The number of anilines is 2. The molecule has 3 amide bonds. The Labute approximate surface area is 207 Å². The molecule has 2 aromatic rings. The van der Waals surface area contributed by atoms with Crippen molar-refractivity contribution in [2.24, 2.45) is 5.92 Å². The molecule has 4 rings (SSSR count). The van der Waals surface area contributed by atoms with Crippen molar-refractivity contribution in [2.45, 2.75) is 51.2 Å². The molecule has 2 aromatic carbocycles. The van der Waals surface area contributed by atoms with Crippen LogP contribution in [0.15, 0.2) is 36.4 Å². The smallest absolute Gasteiger partial charge is 0.410 e. The summed E-state index contributed by atoms with van der Waals surface area (Å²) in [6, 6.07) is 8.95. The zero-order valence-electron chi connectivity index (χ0n) is 19.1. The Morgan fingerprint density at radius 2 is 1.71 bits per heavy atom. The quantitative estimate of drug-likeness (QED) is 0.488. The van der Waals surface area contributed by atoms with E-state index in [1.54, 1.807) is 11.0 Å². The van der Waals surface area contributed by atoms with E-state index in [4.69, 9.17) is 21.4 Å². The van der Waals surface area contributed by atoms with Crippen LogP contribution in [0.5, 0.6) is 0 Å². The molecule has 1 saturated carbocycles. The highest BCUT2D eigenvalue weighted by molar-refractivity contribution is 6.31. The molecule has 0 spiro atoms. The second-order valence-electron chi connectivity index (χ2n) is 8.99. The number of amides is 3. The number of carboxylic acids is 1. The van der Waals surface area contributed by atoms with Gasteiger partial charge in [-0.25, -0.2) is 14.0 Å². The summed E-state index contributed by atoms with van der Waals surface area (Å²) in [7, 11) is 0. The summed E-state index contributed by atoms with van der Waals surface area (Å²) < 4.78 is 19.0. The first kappa shape index (κ1) is 24.8. The fourth-order valence-electron chi connectivity index (χ4n) is 4.57. The molecule has 2 aliphatic rings. The molecule has 10 heteroatoms. The highest BCUT2D eigenvalue weighted by atomic mass is 35.5. The highest BCUT2D eigenvalue weighted by Crippen LogP contribution is 2.30.